The molecule has 1 aromatic carbocycles. The zero-order valence-corrected chi connectivity index (χ0v) is 21.8. The van der Waals surface area contributed by atoms with E-state index in [0.717, 1.165) is 0 Å². The second-order valence-corrected chi connectivity index (χ2v) is 11.7. The smallest absolute Gasteiger partial charge is 0.402 e. The molecule has 4 fully saturated rings. The van der Waals surface area contributed by atoms with Crippen molar-refractivity contribution in [2.75, 3.05) is 13.2 Å². The average Bonchev–Trinajstić information content (AvgIpc) is 3.45. The fourth-order valence-corrected chi connectivity index (χ4v) is 6.22. The van der Waals surface area contributed by atoms with Gasteiger partial charge in [-0.2, -0.15) is 0 Å². The number of rotatable bonds is 8. The van der Waals surface area contributed by atoms with E-state index in [1.165, 1.54) is 6.07 Å². The number of aliphatic hydroxyl groups is 2. The summed E-state index contributed by atoms with van der Waals surface area (Å²) in [6.07, 6.45) is -7.31. The Morgan fingerprint density at radius 2 is 1.58 bits per heavy atom. The zero-order valence-electron chi connectivity index (χ0n) is 20.1. The van der Waals surface area contributed by atoms with Crippen LogP contribution in [0.3, 0.4) is 0 Å². The number of ether oxygens (including phenoxy) is 6. The average molecular weight is 553 g/mol. The second-order valence-electron chi connectivity index (χ2n) is 9.79. The summed E-state index contributed by atoms with van der Waals surface area (Å²) < 4.78 is 65.4. The normalized spacial score (nSPS) is 40.1. The maximum absolute atomic E-state index is 14.0. The molecule has 0 aliphatic carbocycles. The van der Waals surface area contributed by atoms with Gasteiger partial charge in [0.1, 0.15) is 42.4 Å². The topological polar surface area (TPSA) is 141 Å². The van der Waals surface area contributed by atoms with Crippen LogP contribution in [0, 0.1) is 0 Å². The molecule has 0 spiro atoms. The van der Waals surface area contributed by atoms with Crippen molar-refractivity contribution in [3.05, 3.63) is 29.3 Å². The molecule has 202 valence electrons. The molecule has 1 aromatic rings. The Kier molecular flexibility index (Phi) is 7.21. The van der Waals surface area contributed by atoms with Gasteiger partial charge in [0.15, 0.2) is 24.2 Å². The van der Waals surface area contributed by atoms with E-state index in [-0.39, 0.29) is 10.8 Å². The standard InChI is InChI=1S/C22H30ClO12P/c1-21(2)30-17-15(25)14(29-19(17)32-21)10-27-36(26,34-12-8-6-5-7-11(12)23)35-16-13(9-24)28-20-18(16)31-22(3,4)33-20/h5-8,13-20,24-25H,9-10H2,1-4H3/t13-,14-,15?,16?,17?,18?,19-,20-,36?/m1/s1. The molecular weight excluding hydrogens is 523 g/mol. The summed E-state index contributed by atoms with van der Waals surface area (Å²) in [6.45, 7) is 5.94. The first kappa shape index (κ1) is 26.7. The molecule has 5 rings (SSSR count). The first-order valence-electron chi connectivity index (χ1n) is 11.6. The predicted molar refractivity (Wildman–Crippen MR) is 121 cm³/mol. The highest BCUT2D eigenvalue weighted by molar-refractivity contribution is 7.49. The van der Waals surface area contributed by atoms with Crippen molar-refractivity contribution in [1.29, 1.82) is 0 Å². The molecule has 4 heterocycles. The van der Waals surface area contributed by atoms with E-state index in [9.17, 15) is 14.8 Å². The fraction of sp³-hybridized carbons (Fsp3) is 0.727. The first-order valence-corrected chi connectivity index (χ1v) is 13.4. The molecule has 0 amide bonds. The van der Waals surface area contributed by atoms with E-state index in [0.29, 0.717) is 0 Å². The monoisotopic (exact) mass is 552 g/mol. The lowest BCUT2D eigenvalue weighted by Crippen LogP contribution is -2.39. The van der Waals surface area contributed by atoms with Gasteiger partial charge < -0.3 is 43.2 Å². The summed E-state index contributed by atoms with van der Waals surface area (Å²) in [5, 5.41) is 20.7. The minimum Gasteiger partial charge on any atom is -0.402 e. The number of halogens is 1. The Labute approximate surface area is 213 Å². The van der Waals surface area contributed by atoms with E-state index >= 15 is 0 Å². The van der Waals surface area contributed by atoms with E-state index in [2.05, 4.69) is 0 Å². The second kappa shape index (κ2) is 9.71. The zero-order chi connectivity index (χ0) is 25.9. The summed E-state index contributed by atoms with van der Waals surface area (Å²) in [4.78, 5) is 0. The van der Waals surface area contributed by atoms with E-state index in [1.54, 1.807) is 45.9 Å². The van der Waals surface area contributed by atoms with Crippen LogP contribution in [0.1, 0.15) is 27.7 Å². The van der Waals surface area contributed by atoms with Gasteiger partial charge >= 0.3 is 7.82 Å². The molecule has 0 saturated carbocycles. The Morgan fingerprint density at radius 1 is 0.972 bits per heavy atom. The van der Waals surface area contributed by atoms with Crippen molar-refractivity contribution in [3.8, 4) is 5.75 Å². The number of fused-ring (bicyclic) bond motifs is 2. The van der Waals surface area contributed by atoms with Crippen LogP contribution < -0.4 is 4.52 Å². The van der Waals surface area contributed by atoms with Gasteiger partial charge in [-0.15, -0.1) is 0 Å². The van der Waals surface area contributed by atoms with Crippen molar-refractivity contribution < 1.29 is 56.8 Å². The Balaban J connectivity index is 1.34. The fourth-order valence-electron chi connectivity index (χ4n) is 4.55. The quantitative estimate of drug-likeness (QED) is 0.457. The molecule has 36 heavy (non-hydrogen) atoms. The van der Waals surface area contributed by atoms with Gasteiger partial charge in [0, 0.05) is 0 Å². The van der Waals surface area contributed by atoms with Crippen LogP contribution in [0.5, 0.6) is 5.75 Å². The van der Waals surface area contributed by atoms with Gasteiger partial charge in [-0.05, 0) is 39.8 Å². The molecule has 0 bridgehead atoms. The van der Waals surface area contributed by atoms with Gasteiger partial charge in [-0.1, -0.05) is 23.7 Å². The van der Waals surface area contributed by atoms with Crippen LogP contribution in [-0.2, 0) is 42.0 Å². The van der Waals surface area contributed by atoms with Crippen LogP contribution in [0.2, 0.25) is 5.02 Å². The van der Waals surface area contributed by atoms with Crippen molar-refractivity contribution >= 4 is 19.4 Å². The summed E-state index contributed by atoms with van der Waals surface area (Å²) in [7, 11) is -4.48. The number of hydrogen-bond donors (Lipinski definition) is 2. The third-order valence-corrected chi connectivity index (χ3v) is 7.78. The predicted octanol–water partition coefficient (Wildman–Crippen LogP) is 2.33. The number of hydrogen-bond acceptors (Lipinski definition) is 12. The van der Waals surface area contributed by atoms with Gasteiger partial charge in [-0.3, -0.25) is 9.05 Å². The highest BCUT2D eigenvalue weighted by Crippen LogP contribution is 2.55. The lowest BCUT2D eigenvalue weighted by molar-refractivity contribution is -0.219. The van der Waals surface area contributed by atoms with Crippen LogP contribution in [0.25, 0.3) is 0 Å². The summed E-state index contributed by atoms with van der Waals surface area (Å²) in [6, 6.07) is 6.35. The molecule has 12 nitrogen and oxygen atoms in total. The van der Waals surface area contributed by atoms with Crippen LogP contribution in [-0.4, -0.2) is 84.2 Å². The SMILES string of the molecule is CC1(C)OC2C(O)[C@@H](COP(=O)(Oc3ccccc3Cl)OC3C4OC(C)(C)O[C@H]4O[C@@H]3CO)O[C@@H]2O1. The molecule has 4 aliphatic rings. The summed E-state index contributed by atoms with van der Waals surface area (Å²) in [5.74, 6) is -1.86. The third-order valence-electron chi connectivity index (χ3n) is 6.08. The number of benzene rings is 1. The van der Waals surface area contributed by atoms with Crippen molar-refractivity contribution in [3.63, 3.8) is 0 Å². The Hall–Kier alpha value is -0.860. The lowest BCUT2D eigenvalue weighted by Gasteiger charge is -2.29. The van der Waals surface area contributed by atoms with E-state index < -0.39 is 81.8 Å². The van der Waals surface area contributed by atoms with E-state index in [1.807, 2.05) is 0 Å². The maximum atomic E-state index is 14.0. The van der Waals surface area contributed by atoms with Crippen molar-refractivity contribution in [2.45, 2.75) is 88.5 Å². The van der Waals surface area contributed by atoms with Gasteiger partial charge in [0.25, 0.3) is 0 Å². The lowest BCUT2D eigenvalue weighted by atomic mass is 10.1. The van der Waals surface area contributed by atoms with Gasteiger partial charge in [0.2, 0.25) is 0 Å². The largest absolute Gasteiger partial charge is 0.530 e. The Morgan fingerprint density at radius 3 is 2.22 bits per heavy atom. The number of aliphatic hydroxyl groups excluding tert-OH is 2. The molecule has 0 radical (unpaired) electrons. The highest BCUT2D eigenvalue weighted by Gasteiger charge is 2.58. The summed E-state index contributed by atoms with van der Waals surface area (Å²) >= 11 is 6.21. The van der Waals surface area contributed by atoms with Crippen LogP contribution in [0.4, 0.5) is 0 Å². The van der Waals surface area contributed by atoms with Crippen molar-refractivity contribution in [2.24, 2.45) is 0 Å². The molecule has 9 atom stereocenters. The molecular formula is C22H30ClO12P. The molecule has 2 N–H and O–H groups in total. The molecule has 14 heteroatoms. The van der Waals surface area contributed by atoms with Crippen LogP contribution >= 0.6 is 19.4 Å². The summed E-state index contributed by atoms with van der Waals surface area (Å²) in [5.41, 5.74) is 0. The minimum atomic E-state index is -4.48. The molecule has 4 saturated heterocycles. The van der Waals surface area contributed by atoms with Gasteiger partial charge in [0.05, 0.1) is 18.2 Å². The molecule has 5 unspecified atom stereocenters. The highest BCUT2D eigenvalue weighted by atomic mass is 35.5. The Bertz CT molecular complexity index is 1010. The molecule has 0 aromatic heterocycles. The van der Waals surface area contributed by atoms with Crippen LogP contribution in [0.15, 0.2) is 24.3 Å². The first-order chi connectivity index (χ1) is 16.9. The third kappa shape index (κ3) is 5.33. The number of phosphoric acid groups is 1. The van der Waals surface area contributed by atoms with Crippen molar-refractivity contribution in [1.82, 2.24) is 0 Å². The number of para-hydroxylation sites is 1. The number of phosphoric ester groups is 1. The van der Waals surface area contributed by atoms with Gasteiger partial charge in [-0.25, -0.2) is 4.57 Å². The molecule has 4 aliphatic heterocycles. The minimum absolute atomic E-state index is 0.0422. The maximum Gasteiger partial charge on any atom is 0.530 e. The van der Waals surface area contributed by atoms with E-state index in [4.69, 9.17) is 53.6 Å².